The van der Waals surface area contributed by atoms with E-state index < -0.39 is 22.5 Å². The second-order valence-corrected chi connectivity index (χ2v) is 5.35. The number of fused-ring (bicyclic) bond motifs is 1. The Morgan fingerprint density at radius 1 is 1.41 bits per heavy atom. The zero-order valence-electron chi connectivity index (χ0n) is 8.28. The Labute approximate surface area is 100 Å². The standard InChI is InChI=1S/C8H7N3O4S2/c12-7(13)4-9-17(14,15)6-3-1-2-5-8(6)11-16-10-5/h1-3,9H,4H2,(H,12,13)/p-1. The molecule has 0 atom stereocenters. The maximum atomic E-state index is 11.8. The first-order chi connectivity index (χ1) is 8.00. The number of hydrogen-bond donors (Lipinski definition) is 1. The lowest BCUT2D eigenvalue weighted by molar-refractivity contribution is -0.303. The van der Waals surface area contributed by atoms with E-state index in [4.69, 9.17) is 0 Å². The summed E-state index contributed by atoms with van der Waals surface area (Å²) in [5.74, 6) is -1.50. The molecular weight excluding hydrogens is 266 g/mol. The van der Waals surface area contributed by atoms with E-state index in [1.54, 1.807) is 6.07 Å². The molecule has 0 fully saturated rings. The van der Waals surface area contributed by atoms with Gasteiger partial charge in [-0.25, -0.2) is 13.1 Å². The fourth-order valence-electron chi connectivity index (χ4n) is 1.23. The molecule has 1 aromatic carbocycles. The highest BCUT2D eigenvalue weighted by Crippen LogP contribution is 2.20. The number of carboxylic acid groups (broad SMARTS) is 1. The first-order valence-electron chi connectivity index (χ1n) is 4.41. The van der Waals surface area contributed by atoms with E-state index >= 15 is 0 Å². The maximum Gasteiger partial charge on any atom is 0.243 e. The smallest absolute Gasteiger partial charge is 0.243 e. The number of sulfonamides is 1. The van der Waals surface area contributed by atoms with Crippen molar-refractivity contribution >= 4 is 38.8 Å². The summed E-state index contributed by atoms with van der Waals surface area (Å²) in [5, 5.41) is 10.2. The van der Waals surface area contributed by atoms with Crippen molar-refractivity contribution in [2.75, 3.05) is 6.54 Å². The molecule has 1 aromatic heterocycles. The zero-order valence-corrected chi connectivity index (χ0v) is 9.92. The molecule has 0 saturated carbocycles. The quantitative estimate of drug-likeness (QED) is 0.741. The summed E-state index contributed by atoms with van der Waals surface area (Å²) in [5.41, 5.74) is 0.676. The van der Waals surface area contributed by atoms with Crippen LogP contribution in [0.2, 0.25) is 0 Å². The molecule has 2 rings (SSSR count). The normalized spacial score (nSPS) is 11.8. The number of benzene rings is 1. The fourth-order valence-corrected chi connectivity index (χ4v) is 2.96. The average molecular weight is 272 g/mol. The first kappa shape index (κ1) is 11.9. The van der Waals surface area contributed by atoms with Crippen LogP contribution in [-0.2, 0) is 14.8 Å². The van der Waals surface area contributed by atoms with Gasteiger partial charge in [-0.05, 0) is 12.1 Å². The van der Waals surface area contributed by atoms with Gasteiger partial charge in [-0.2, -0.15) is 8.75 Å². The first-order valence-corrected chi connectivity index (χ1v) is 6.63. The minimum absolute atomic E-state index is 0.0926. The second kappa shape index (κ2) is 4.35. The average Bonchev–Trinajstić information content (AvgIpc) is 2.74. The molecule has 2 aromatic rings. The molecule has 0 aliphatic rings. The highest BCUT2D eigenvalue weighted by Gasteiger charge is 2.18. The molecule has 90 valence electrons. The summed E-state index contributed by atoms with van der Waals surface area (Å²) in [4.78, 5) is 10.1. The van der Waals surface area contributed by atoms with E-state index in [0.29, 0.717) is 5.52 Å². The lowest BCUT2D eigenvalue weighted by Crippen LogP contribution is -2.37. The number of carboxylic acids is 1. The Morgan fingerprint density at radius 3 is 2.88 bits per heavy atom. The molecule has 0 radical (unpaired) electrons. The highest BCUT2D eigenvalue weighted by atomic mass is 32.2. The summed E-state index contributed by atoms with van der Waals surface area (Å²) in [6.07, 6.45) is 0. The third-order valence-corrected chi connectivity index (χ3v) is 3.92. The van der Waals surface area contributed by atoms with Crippen LogP contribution in [0.3, 0.4) is 0 Å². The molecule has 9 heteroatoms. The number of carbonyl (C=O) groups excluding carboxylic acids is 1. The molecular formula is C8H6N3O4S2-. The third-order valence-electron chi connectivity index (χ3n) is 1.95. The number of rotatable bonds is 4. The number of carbonyl (C=O) groups is 1. The van der Waals surface area contributed by atoms with Crippen molar-refractivity contribution in [3.63, 3.8) is 0 Å². The van der Waals surface area contributed by atoms with Crippen LogP contribution in [0, 0.1) is 0 Å². The summed E-state index contributed by atoms with van der Waals surface area (Å²) in [6.45, 7) is -0.781. The number of aliphatic carboxylic acids is 1. The molecule has 1 N–H and O–H groups in total. The van der Waals surface area contributed by atoms with Crippen LogP contribution in [-0.4, -0.2) is 29.7 Å². The number of hydrogen-bond acceptors (Lipinski definition) is 7. The van der Waals surface area contributed by atoms with Crippen LogP contribution in [0.4, 0.5) is 0 Å². The highest BCUT2D eigenvalue weighted by molar-refractivity contribution is 7.89. The Hall–Kier alpha value is -1.58. The van der Waals surface area contributed by atoms with Gasteiger partial charge in [0.25, 0.3) is 0 Å². The third kappa shape index (κ3) is 2.40. The van der Waals surface area contributed by atoms with Crippen LogP contribution in [0.15, 0.2) is 23.1 Å². The van der Waals surface area contributed by atoms with Crippen molar-refractivity contribution in [1.29, 1.82) is 0 Å². The van der Waals surface area contributed by atoms with Gasteiger partial charge in [0.05, 0.1) is 24.2 Å². The van der Waals surface area contributed by atoms with Gasteiger partial charge in [0.15, 0.2) is 0 Å². The van der Waals surface area contributed by atoms with Crippen LogP contribution >= 0.6 is 11.7 Å². The van der Waals surface area contributed by atoms with Crippen molar-refractivity contribution in [3.8, 4) is 0 Å². The van der Waals surface area contributed by atoms with Crippen molar-refractivity contribution in [2.24, 2.45) is 0 Å². The molecule has 0 unspecified atom stereocenters. The van der Waals surface area contributed by atoms with Gasteiger partial charge in [-0.15, -0.1) is 0 Å². The van der Waals surface area contributed by atoms with Crippen molar-refractivity contribution < 1.29 is 18.3 Å². The van der Waals surface area contributed by atoms with Crippen LogP contribution in [0.25, 0.3) is 11.0 Å². The minimum Gasteiger partial charge on any atom is -0.549 e. The second-order valence-electron chi connectivity index (χ2n) is 3.08. The zero-order chi connectivity index (χ0) is 12.5. The van der Waals surface area contributed by atoms with Crippen LogP contribution in [0.1, 0.15) is 0 Å². The van der Waals surface area contributed by atoms with Crippen LogP contribution < -0.4 is 9.83 Å². The topological polar surface area (TPSA) is 112 Å². The summed E-state index contributed by atoms with van der Waals surface area (Å²) in [7, 11) is -3.92. The summed E-state index contributed by atoms with van der Waals surface area (Å²) in [6, 6.07) is 4.47. The monoisotopic (exact) mass is 272 g/mol. The minimum atomic E-state index is -3.92. The van der Waals surface area contributed by atoms with Crippen molar-refractivity contribution in [2.45, 2.75) is 4.90 Å². The van der Waals surface area contributed by atoms with E-state index in [1.807, 2.05) is 4.72 Å². The Morgan fingerprint density at radius 2 is 2.18 bits per heavy atom. The fraction of sp³-hybridized carbons (Fsp3) is 0.125. The number of nitrogens with zero attached hydrogens (tertiary/aromatic N) is 2. The van der Waals surface area contributed by atoms with E-state index in [9.17, 15) is 18.3 Å². The van der Waals surface area contributed by atoms with Gasteiger partial charge in [-0.1, -0.05) is 6.07 Å². The molecule has 0 spiro atoms. The van der Waals surface area contributed by atoms with Crippen molar-refractivity contribution in [3.05, 3.63) is 18.2 Å². The molecule has 0 aliphatic heterocycles. The Kier molecular flexibility index (Phi) is 3.05. The van der Waals surface area contributed by atoms with E-state index in [1.165, 1.54) is 12.1 Å². The van der Waals surface area contributed by atoms with Gasteiger partial charge in [-0.3, -0.25) is 0 Å². The number of aromatic nitrogens is 2. The van der Waals surface area contributed by atoms with E-state index in [0.717, 1.165) is 11.7 Å². The maximum absolute atomic E-state index is 11.8. The predicted octanol–water partition coefficient (Wildman–Crippen LogP) is -1.28. The Bertz CT molecular complexity index is 664. The molecule has 1 heterocycles. The molecule has 0 aliphatic carbocycles. The van der Waals surface area contributed by atoms with Gasteiger partial charge >= 0.3 is 0 Å². The Balaban J connectivity index is 2.45. The molecule has 17 heavy (non-hydrogen) atoms. The van der Waals surface area contributed by atoms with Gasteiger partial charge < -0.3 is 9.90 Å². The van der Waals surface area contributed by atoms with Crippen molar-refractivity contribution in [1.82, 2.24) is 13.5 Å². The summed E-state index contributed by atoms with van der Waals surface area (Å²) < 4.78 is 33.2. The lowest BCUT2D eigenvalue weighted by Gasteiger charge is -2.07. The molecule has 7 nitrogen and oxygen atoms in total. The lowest BCUT2D eigenvalue weighted by atomic mass is 10.3. The van der Waals surface area contributed by atoms with Gasteiger partial charge in [0, 0.05) is 0 Å². The predicted molar refractivity (Wildman–Crippen MR) is 57.6 cm³/mol. The molecule has 0 bridgehead atoms. The molecule has 0 amide bonds. The van der Waals surface area contributed by atoms with E-state index in [2.05, 4.69) is 8.75 Å². The molecule has 0 saturated heterocycles. The van der Waals surface area contributed by atoms with E-state index in [-0.39, 0.29) is 10.4 Å². The van der Waals surface area contributed by atoms with Gasteiger partial charge in [0.2, 0.25) is 10.0 Å². The van der Waals surface area contributed by atoms with Crippen LogP contribution in [0.5, 0.6) is 0 Å². The number of nitrogens with one attached hydrogen (secondary N) is 1. The summed E-state index contributed by atoms with van der Waals surface area (Å²) >= 11 is 0.887. The SMILES string of the molecule is O=C([O-])CNS(=O)(=O)c1cccc2nsnc12. The largest absolute Gasteiger partial charge is 0.549 e. The van der Waals surface area contributed by atoms with Gasteiger partial charge in [0.1, 0.15) is 15.9 Å².